The largest absolute Gasteiger partial charge is 0.300 e. The quantitative estimate of drug-likeness (QED) is 0.325. The maximum atomic E-state index is 11.8. The number of carbonyl (C=O) groups excluding carboxylic acids is 1. The van der Waals surface area contributed by atoms with Crippen molar-refractivity contribution in [1.82, 2.24) is 4.90 Å². The van der Waals surface area contributed by atoms with Gasteiger partial charge in [0.15, 0.2) is 5.72 Å². The lowest BCUT2D eigenvalue weighted by molar-refractivity contribution is -0.423. The summed E-state index contributed by atoms with van der Waals surface area (Å²) in [5.74, 6) is 2.48. The van der Waals surface area contributed by atoms with Crippen LogP contribution in [-0.2, 0) is 14.6 Å². The molecule has 100 valence electrons. The Labute approximate surface area is 109 Å². The maximum absolute atomic E-state index is 11.8. The van der Waals surface area contributed by atoms with Gasteiger partial charge < -0.3 is 4.90 Å². The van der Waals surface area contributed by atoms with Crippen LogP contribution in [0.15, 0.2) is 12.7 Å². The fourth-order valence-electron chi connectivity index (χ4n) is 1.88. The molecule has 0 radical (unpaired) electrons. The Kier molecular flexibility index (Phi) is 4.55. The highest BCUT2D eigenvalue weighted by Crippen LogP contribution is 2.35. The number of likely N-dealkylation sites (tertiary alicyclic amines) is 1. The highest BCUT2D eigenvalue weighted by atomic mass is 17.2. The van der Waals surface area contributed by atoms with Gasteiger partial charge in [0.05, 0.1) is 12.1 Å². The number of hydrogen-bond acceptors (Lipinski definition) is 3. The molecule has 1 aliphatic rings. The van der Waals surface area contributed by atoms with E-state index in [-0.39, 0.29) is 12.5 Å². The highest BCUT2D eigenvalue weighted by Gasteiger charge is 2.47. The summed E-state index contributed by atoms with van der Waals surface area (Å²) in [5.41, 5.74) is -1.25. The zero-order valence-electron chi connectivity index (χ0n) is 11.4. The molecule has 0 aromatic heterocycles. The smallest absolute Gasteiger partial charge is 0.225 e. The van der Waals surface area contributed by atoms with Gasteiger partial charge in [0.2, 0.25) is 5.91 Å². The minimum Gasteiger partial charge on any atom is -0.300 e. The minimum absolute atomic E-state index is 0.00712. The first-order valence-electron chi connectivity index (χ1n) is 6.06. The molecule has 0 saturated carbocycles. The van der Waals surface area contributed by atoms with Crippen molar-refractivity contribution in [3.8, 4) is 12.3 Å². The average molecular weight is 251 g/mol. The van der Waals surface area contributed by atoms with Gasteiger partial charge in [0, 0.05) is 19.3 Å². The van der Waals surface area contributed by atoms with Gasteiger partial charge >= 0.3 is 0 Å². The standard InChI is InChI=1S/C14H21NO3/c1-6-9-14(18-17-13(3,4)5)10-8-12(16)15(14)11-7-2/h2,6H,1,8-11H2,3-5H3. The second-order valence-electron chi connectivity index (χ2n) is 5.40. The van der Waals surface area contributed by atoms with Crippen molar-refractivity contribution in [2.24, 2.45) is 0 Å². The van der Waals surface area contributed by atoms with E-state index < -0.39 is 11.3 Å². The summed E-state index contributed by atoms with van der Waals surface area (Å²) >= 11 is 0. The first-order chi connectivity index (χ1) is 8.34. The molecule has 1 atom stereocenters. The van der Waals surface area contributed by atoms with Crippen molar-refractivity contribution in [3.05, 3.63) is 12.7 Å². The van der Waals surface area contributed by atoms with E-state index in [9.17, 15) is 4.79 Å². The van der Waals surface area contributed by atoms with Gasteiger partial charge in [0.1, 0.15) is 0 Å². The molecule has 1 rings (SSSR count). The zero-order valence-corrected chi connectivity index (χ0v) is 11.4. The summed E-state index contributed by atoms with van der Waals surface area (Å²) in [7, 11) is 0. The predicted molar refractivity (Wildman–Crippen MR) is 69.2 cm³/mol. The Bertz CT molecular complexity index is 364. The van der Waals surface area contributed by atoms with E-state index in [4.69, 9.17) is 16.2 Å². The zero-order chi connectivity index (χ0) is 13.8. The van der Waals surface area contributed by atoms with Crippen molar-refractivity contribution in [1.29, 1.82) is 0 Å². The third kappa shape index (κ3) is 3.34. The molecule has 1 amide bonds. The fourth-order valence-corrected chi connectivity index (χ4v) is 1.88. The van der Waals surface area contributed by atoms with Crippen molar-refractivity contribution in [2.75, 3.05) is 6.54 Å². The summed E-state index contributed by atoms with van der Waals surface area (Å²) in [6.45, 7) is 9.59. The predicted octanol–water partition coefficient (Wildman–Crippen LogP) is 2.26. The lowest BCUT2D eigenvalue weighted by Crippen LogP contribution is -2.49. The lowest BCUT2D eigenvalue weighted by Gasteiger charge is -2.37. The molecule has 0 spiro atoms. The third-order valence-corrected chi connectivity index (χ3v) is 2.68. The van der Waals surface area contributed by atoms with Crippen molar-refractivity contribution in [3.63, 3.8) is 0 Å². The first-order valence-corrected chi connectivity index (χ1v) is 6.06. The molecule has 0 aromatic rings. The average Bonchev–Trinajstić information content (AvgIpc) is 2.56. The molecule has 0 aliphatic carbocycles. The molecule has 1 unspecified atom stereocenters. The molecular weight excluding hydrogens is 230 g/mol. The van der Waals surface area contributed by atoms with Crippen LogP contribution in [0.25, 0.3) is 0 Å². The molecule has 1 saturated heterocycles. The molecular formula is C14H21NO3. The molecule has 1 fully saturated rings. The second kappa shape index (κ2) is 5.55. The van der Waals surface area contributed by atoms with Gasteiger partial charge in [-0.3, -0.25) is 4.79 Å². The third-order valence-electron chi connectivity index (χ3n) is 2.68. The number of terminal acetylenes is 1. The summed E-state index contributed by atoms with van der Waals surface area (Å²) in [6, 6.07) is 0. The summed E-state index contributed by atoms with van der Waals surface area (Å²) in [6.07, 6.45) is 8.50. The number of nitrogens with zero attached hydrogens (tertiary/aromatic N) is 1. The molecule has 0 bridgehead atoms. The van der Waals surface area contributed by atoms with E-state index in [0.717, 1.165) is 0 Å². The Balaban J connectivity index is 2.88. The van der Waals surface area contributed by atoms with Crippen molar-refractivity contribution < 1.29 is 14.6 Å². The number of carbonyl (C=O) groups is 1. The highest BCUT2D eigenvalue weighted by molar-refractivity contribution is 5.79. The number of hydrogen-bond donors (Lipinski definition) is 0. The summed E-state index contributed by atoms with van der Waals surface area (Å²) in [4.78, 5) is 24.3. The Morgan fingerprint density at radius 2 is 2.28 bits per heavy atom. The van der Waals surface area contributed by atoms with E-state index in [2.05, 4.69) is 12.5 Å². The van der Waals surface area contributed by atoms with E-state index >= 15 is 0 Å². The second-order valence-corrected chi connectivity index (χ2v) is 5.40. The molecule has 1 aliphatic heterocycles. The number of amides is 1. The van der Waals surface area contributed by atoms with Gasteiger partial charge in [-0.05, 0) is 20.8 Å². The van der Waals surface area contributed by atoms with Crippen LogP contribution in [-0.4, -0.2) is 28.7 Å². The molecule has 0 aromatic carbocycles. The van der Waals surface area contributed by atoms with E-state index in [1.54, 1.807) is 11.0 Å². The first kappa shape index (κ1) is 14.7. The van der Waals surface area contributed by atoms with Gasteiger partial charge in [0.25, 0.3) is 0 Å². The Hall–Kier alpha value is -1.31. The van der Waals surface area contributed by atoms with E-state index in [1.165, 1.54) is 0 Å². The van der Waals surface area contributed by atoms with E-state index in [0.29, 0.717) is 19.3 Å². The molecule has 18 heavy (non-hydrogen) atoms. The Morgan fingerprint density at radius 3 is 2.78 bits per heavy atom. The van der Waals surface area contributed by atoms with E-state index in [1.807, 2.05) is 20.8 Å². The Morgan fingerprint density at radius 1 is 1.61 bits per heavy atom. The van der Waals surface area contributed by atoms with Crippen molar-refractivity contribution >= 4 is 5.91 Å². The van der Waals surface area contributed by atoms with Crippen LogP contribution in [0.1, 0.15) is 40.0 Å². The molecule has 0 N–H and O–H groups in total. The summed E-state index contributed by atoms with van der Waals surface area (Å²) in [5, 5.41) is 0. The van der Waals surface area contributed by atoms with Gasteiger partial charge in [-0.25, -0.2) is 9.78 Å². The molecule has 4 nitrogen and oxygen atoms in total. The lowest BCUT2D eigenvalue weighted by atomic mass is 10.1. The van der Waals surface area contributed by atoms with Crippen LogP contribution in [0.3, 0.4) is 0 Å². The van der Waals surface area contributed by atoms with Crippen LogP contribution in [0.5, 0.6) is 0 Å². The maximum Gasteiger partial charge on any atom is 0.225 e. The summed E-state index contributed by atoms with van der Waals surface area (Å²) < 4.78 is 0. The number of rotatable bonds is 5. The van der Waals surface area contributed by atoms with Crippen LogP contribution in [0, 0.1) is 12.3 Å². The van der Waals surface area contributed by atoms with Gasteiger partial charge in [-0.1, -0.05) is 12.0 Å². The fraction of sp³-hybridized carbons (Fsp3) is 0.643. The minimum atomic E-state index is -0.807. The van der Waals surface area contributed by atoms with Crippen LogP contribution in [0.4, 0.5) is 0 Å². The molecule has 4 heteroatoms. The molecule has 1 heterocycles. The monoisotopic (exact) mass is 251 g/mol. The normalized spacial score (nSPS) is 24.1. The van der Waals surface area contributed by atoms with Crippen LogP contribution >= 0.6 is 0 Å². The van der Waals surface area contributed by atoms with Gasteiger partial charge in [-0.15, -0.1) is 13.0 Å². The topological polar surface area (TPSA) is 38.8 Å². The van der Waals surface area contributed by atoms with Crippen molar-refractivity contribution in [2.45, 2.75) is 51.4 Å². The SMILES string of the molecule is C#CCN1C(=O)CCC1(CC=C)OOC(C)(C)C. The van der Waals surface area contributed by atoms with Crippen LogP contribution < -0.4 is 0 Å². The van der Waals surface area contributed by atoms with Crippen LogP contribution in [0.2, 0.25) is 0 Å². The van der Waals surface area contributed by atoms with Gasteiger partial charge in [-0.2, -0.15) is 0 Å².